The third-order valence-corrected chi connectivity index (χ3v) is 7.03. The molecule has 0 radical (unpaired) electrons. The smallest absolute Gasteiger partial charge is 0.207 e. The van der Waals surface area contributed by atoms with E-state index in [1.807, 2.05) is 6.92 Å². The highest BCUT2D eigenvalue weighted by molar-refractivity contribution is 9.10. The van der Waals surface area contributed by atoms with Gasteiger partial charge in [0.25, 0.3) is 0 Å². The Hall–Kier alpha value is -0.100. The van der Waals surface area contributed by atoms with Gasteiger partial charge >= 0.3 is 0 Å². The molecule has 1 saturated carbocycles. The summed E-state index contributed by atoms with van der Waals surface area (Å²) in [7, 11) is -3.43. The number of halogens is 2. The molecule has 3 nitrogen and oxygen atoms in total. The quantitative estimate of drug-likeness (QED) is 0.700. The first kappa shape index (κ1) is 16.3. The monoisotopic (exact) mass is 379 g/mol. The minimum Gasteiger partial charge on any atom is -0.207 e. The Morgan fingerprint density at radius 2 is 2.10 bits per heavy atom. The van der Waals surface area contributed by atoms with Crippen LogP contribution in [0.15, 0.2) is 27.6 Å². The number of alkyl halides is 1. The summed E-state index contributed by atoms with van der Waals surface area (Å²) in [5.41, 5.74) is 0.902. The lowest BCUT2D eigenvalue weighted by molar-refractivity contribution is 0.250. The molecule has 0 aliphatic heterocycles. The topological polar surface area (TPSA) is 37.4 Å². The second-order valence-corrected chi connectivity index (χ2v) is 8.18. The first-order valence-electron chi connectivity index (χ1n) is 6.83. The van der Waals surface area contributed by atoms with Crippen LogP contribution in [-0.4, -0.2) is 25.8 Å². The molecule has 0 saturated heterocycles. The summed E-state index contributed by atoms with van der Waals surface area (Å²) in [5.74, 6) is 0.893. The van der Waals surface area contributed by atoms with Crippen LogP contribution in [0.5, 0.6) is 0 Å². The molecule has 1 aliphatic rings. The summed E-state index contributed by atoms with van der Waals surface area (Å²) in [4.78, 5) is 0.326. The molecule has 0 aromatic heterocycles. The van der Waals surface area contributed by atoms with Crippen molar-refractivity contribution in [3.05, 3.63) is 28.2 Å². The van der Waals surface area contributed by atoms with Crippen molar-refractivity contribution >= 4 is 37.6 Å². The van der Waals surface area contributed by atoms with Crippen molar-refractivity contribution in [3.8, 4) is 0 Å². The maximum absolute atomic E-state index is 12.7. The molecule has 0 atom stereocenters. The van der Waals surface area contributed by atoms with E-state index in [1.54, 1.807) is 22.5 Å². The molecule has 0 unspecified atom stereocenters. The maximum atomic E-state index is 12.7. The highest BCUT2D eigenvalue weighted by Crippen LogP contribution is 2.31. The van der Waals surface area contributed by atoms with Gasteiger partial charge in [-0.25, -0.2) is 8.42 Å². The van der Waals surface area contributed by atoms with Crippen LogP contribution in [0.25, 0.3) is 0 Å². The average molecular weight is 381 g/mol. The van der Waals surface area contributed by atoms with Gasteiger partial charge in [0.05, 0.1) is 4.90 Å². The van der Waals surface area contributed by atoms with Gasteiger partial charge in [-0.3, -0.25) is 0 Å². The fraction of sp³-hybridized carbons (Fsp3) is 0.571. The Balaban J connectivity index is 2.27. The van der Waals surface area contributed by atoms with E-state index in [-0.39, 0.29) is 0 Å². The summed E-state index contributed by atoms with van der Waals surface area (Å²) < 4.78 is 27.6. The van der Waals surface area contributed by atoms with E-state index in [0.717, 1.165) is 18.4 Å². The maximum Gasteiger partial charge on any atom is 0.244 e. The number of rotatable bonds is 6. The Kier molecular flexibility index (Phi) is 5.51. The Bertz CT molecular complexity index is 573. The van der Waals surface area contributed by atoms with Gasteiger partial charge in [0.15, 0.2) is 0 Å². The number of hydrogen-bond donors (Lipinski definition) is 0. The van der Waals surface area contributed by atoms with Crippen molar-refractivity contribution in [1.29, 1.82) is 0 Å². The van der Waals surface area contributed by atoms with Crippen molar-refractivity contribution in [3.63, 3.8) is 0 Å². The minimum atomic E-state index is -3.43. The lowest BCUT2D eigenvalue weighted by Gasteiger charge is -2.31. The van der Waals surface area contributed by atoms with Gasteiger partial charge in [-0.1, -0.05) is 19.4 Å². The molecular weight excluding hydrogens is 362 g/mol. The van der Waals surface area contributed by atoms with Crippen LogP contribution in [-0.2, 0) is 15.9 Å². The molecule has 1 aliphatic carbocycles. The summed E-state index contributed by atoms with van der Waals surface area (Å²) >= 11 is 9.12. The molecule has 6 heteroatoms. The zero-order valence-electron chi connectivity index (χ0n) is 11.5. The number of nitrogens with zero attached hydrogens (tertiary/aromatic N) is 1. The number of sulfonamides is 1. The van der Waals surface area contributed by atoms with Gasteiger partial charge in [0, 0.05) is 23.4 Å². The Morgan fingerprint density at radius 3 is 2.55 bits per heavy atom. The van der Waals surface area contributed by atoms with Crippen LogP contribution in [0, 0.1) is 5.92 Å². The van der Waals surface area contributed by atoms with Crippen molar-refractivity contribution in [2.45, 2.75) is 37.0 Å². The fourth-order valence-electron chi connectivity index (χ4n) is 2.34. The zero-order chi connectivity index (χ0) is 14.8. The lowest BCUT2D eigenvalue weighted by atomic mass is 9.85. The summed E-state index contributed by atoms with van der Waals surface area (Å²) in [6.07, 6.45) is 3.49. The first-order chi connectivity index (χ1) is 9.48. The zero-order valence-corrected chi connectivity index (χ0v) is 14.6. The summed E-state index contributed by atoms with van der Waals surface area (Å²) in [6, 6.07) is 5.18. The average Bonchev–Trinajstić information content (AvgIpc) is 2.36. The van der Waals surface area contributed by atoms with Gasteiger partial charge in [-0.05, 0) is 52.4 Å². The van der Waals surface area contributed by atoms with Crippen LogP contribution >= 0.6 is 27.5 Å². The van der Waals surface area contributed by atoms with E-state index in [2.05, 4.69) is 15.9 Å². The van der Waals surface area contributed by atoms with Crippen molar-refractivity contribution in [2.24, 2.45) is 5.92 Å². The number of hydrogen-bond acceptors (Lipinski definition) is 2. The molecule has 0 amide bonds. The molecular formula is C14H19BrClNO2S. The Labute approximate surface area is 134 Å². The van der Waals surface area contributed by atoms with E-state index in [1.165, 1.54) is 6.42 Å². The largest absolute Gasteiger partial charge is 0.244 e. The SMILES string of the molecule is CCN(CC1CCC1)S(=O)(=O)c1ccc(CCl)cc1Br. The van der Waals surface area contributed by atoms with E-state index in [0.29, 0.717) is 34.3 Å². The molecule has 1 fully saturated rings. The van der Waals surface area contributed by atoms with Crippen LogP contribution in [0.4, 0.5) is 0 Å². The highest BCUT2D eigenvalue weighted by Gasteiger charge is 2.29. The molecule has 0 bridgehead atoms. The van der Waals surface area contributed by atoms with E-state index >= 15 is 0 Å². The third-order valence-electron chi connectivity index (χ3n) is 3.81. The van der Waals surface area contributed by atoms with E-state index < -0.39 is 10.0 Å². The van der Waals surface area contributed by atoms with Crippen LogP contribution in [0.3, 0.4) is 0 Å². The van der Waals surface area contributed by atoms with Gasteiger partial charge in [0.1, 0.15) is 0 Å². The molecule has 0 heterocycles. The van der Waals surface area contributed by atoms with Crippen molar-refractivity contribution in [1.82, 2.24) is 4.31 Å². The summed E-state index contributed by atoms with van der Waals surface area (Å²) in [5, 5.41) is 0. The normalized spacial score (nSPS) is 16.4. The lowest BCUT2D eigenvalue weighted by Crippen LogP contribution is -2.37. The fourth-order valence-corrected chi connectivity index (χ4v) is 5.11. The first-order valence-corrected chi connectivity index (χ1v) is 9.60. The van der Waals surface area contributed by atoms with Crippen LogP contribution in [0.1, 0.15) is 31.7 Å². The molecule has 0 spiro atoms. The standard InChI is InChI=1S/C14H19BrClNO2S/c1-2-17(10-11-4-3-5-11)20(18,19)14-7-6-12(9-16)8-13(14)15/h6-8,11H,2-5,9-10H2,1H3. The predicted molar refractivity (Wildman–Crippen MR) is 85.5 cm³/mol. The van der Waals surface area contributed by atoms with Crippen molar-refractivity contribution in [2.75, 3.05) is 13.1 Å². The third kappa shape index (κ3) is 3.38. The minimum absolute atomic E-state index is 0.326. The van der Waals surface area contributed by atoms with Gasteiger partial charge in [0.2, 0.25) is 10.0 Å². The summed E-state index contributed by atoms with van der Waals surface area (Å²) in [6.45, 7) is 3.02. The predicted octanol–water partition coefficient (Wildman–Crippen LogP) is 4.00. The Morgan fingerprint density at radius 1 is 1.40 bits per heavy atom. The van der Waals surface area contributed by atoms with E-state index in [4.69, 9.17) is 11.6 Å². The van der Waals surface area contributed by atoms with Gasteiger partial charge < -0.3 is 0 Å². The molecule has 20 heavy (non-hydrogen) atoms. The molecule has 112 valence electrons. The highest BCUT2D eigenvalue weighted by atomic mass is 79.9. The van der Waals surface area contributed by atoms with E-state index in [9.17, 15) is 8.42 Å². The molecule has 1 aromatic rings. The second kappa shape index (κ2) is 6.77. The van der Waals surface area contributed by atoms with Gasteiger partial charge in [-0.2, -0.15) is 4.31 Å². The molecule has 0 N–H and O–H groups in total. The molecule has 1 aromatic carbocycles. The number of benzene rings is 1. The van der Waals surface area contributed by atoms with Crippen LogP contribution < -0.4 is 0 Å². The second-order valence-electron chi connectivity index (χ2n) is 5.15. The molecule has 2 rings (SSSR count). The van der Waals surface area contributed by atoms with Crippen molar-refractivity contribution < 1.29 is 8.42 Å². The van der Waals surface area contributed by atoms with Crippen LogP contribution in [0.2, 0.25) is 0 Å². The van der Waals surface area contributed by atoms with Gasteiger partial charge in [-0.15, -0.1) is 11.6 Å².